The summed E-state index contributed by atoms with van der Waals surface area (Å²) in [5.41, 5.74) is 2.74. The maximum absolute atomic E-state index is 2.58. The molecule has 0 bridgehead atoms. The molecule has 1 aliphatic heterocycles. The number of fused-ring (bicyclic) bond motifs is 3. The summed E-state index contributed by atoms with van der Waals surface area (Å²) in [7, 11) is 2.29. The van der Waals surface area contributed by atoms with Crippen LogP contribution in [-0.2, 0) is 6.54 Å². The third-order valence-electron chi connectivity index (χ3n) is 5.50. The average Bonchev–Trinajstić information content (AvgIpc) is 2.87. The fourth-order valence-electron chi connectivity index (χ4n) is 4.05. The molecule has 1 aliphatic rings. The van der Waals surface area contributed by atoms with E-state index >= 15 is 0 Å². The monoisotopic (exact) mass is 292 g/mol. The fraction of sp³-hybridized carbons (Fsp3) is 0.400. The first kappa shape index (κ1) is 13.8. The summed E-state index contributed by atoms with van der Waals surface area (Å²) in [6.45, 7) is 3.45. The van der Waals surface area contributed by atoms with E-state index < -0.39 is 0 Å². The summed E-state index contributed by atoms with van der Waals surface area (Å²) >= 11 is 0. The molecule has 2 nitrogen and oxygen atoms in total. The van der Waals surface area contributed by atoms with Crippen molar-refractivity contribution >= 4 is 21.8 Å². The summed E-state index contributed by atoms with van der Waals surface area (Å²) in [5.74, 6) is 0. The zero-order chi connectivity index (χ0) is 15.1. The number of piperidine rings is 1. The van der Waals surface area contributed by atoms with Crippen LogP contribution < -0.4 is 0 Å². The smallest absolute Gasteiger partial charge is 0.0491 e. The van der Waals surface area contributed by atoms with Gasteiger partial charge in [-0.25, -0.2) is 0 Å². The predicted molar refractivity (Wildman–Crippen MR) is 94.3 cm³/mol. The molecule has 0 N–H and O–H groups in total. The van der Waals surface area contributed by atoms with Gasteiger partial charge >= 0.3 is 0 Å². The number of hydrogen-bond acceptors (Lipinski definition) is 1. The Balaban J connectivity index is 1.83. The Morgan fingerprint density at radius 3 is 2.14 bits per heavy atom. The van der Waals surface area contributed by atoms with Gasteiger partial charge in [0.25, 0.3) is 0 Å². The van der Waals surface area contributed by atoms with Gasteiger partial charge in [0.1, 0.15) is 0 Å². The van der Waals surface area contributed by atoms with Crippen molar-refractivity contribution in [2.75, 3.05) is 7.05 Å². The highest BCUT2D eigenvalue weighted by atomic mass is 15.2. The van der Waals surface area contributed by atoms with Gasteiger partial charge in [0.05, 0.1) is 0 Å². The SMILES string of the molecule is CC1CCCC(Cn2c3ccccc3c3ccccc32)N1C. The molecule has 0 aliphatic carbocycles. The van der Waals surface area contributed by atoms with E-state index in [0.29, 0.717) is 12.1 Å². The zero-order valence-electron chi connectivity index (χ0n) is 13.5. The molecule has 2 atom stereocenters. The number of benzene rings is 2. The lowest BCUT2D eigenvalue weighted by Crippen LogP contribution is -2.44. The molecule has 2 unspecified atom stereocenters. The lowest BCUT2D eigenvalue weighted by atomic mass is 9.97. The minimum atomic E-state index is 0.642. The number of nitrogens with zero attached hydrogens (tertiary/aromatic N) is 2. The van der Waals surface area contributed by atoms with E-state index in [1.807, 2.05) is 0 Å². The third-order valence-corrected chi connectivity index (χ3v) is 5.50. The van der Waals surface area contributed by atoms with E-state index in [1.54, 1.807) is 0 Å². The van der Waals surface area contributed by atoms with Crippen molar-refractivity contribution in [2.24, 2.45) is 0 Å². The number of likely N-dealkylation sites (tertiary alicyclic amines) is 1. The van der Waals surface area contributed by atoms with Crippen LogP contribution >= 0.6 is 0 Å². The third kappa shape index (κ3) is 2.14. The maximum atomic E-state index is 2.58. The summed E-state index contributed by atoms with van der Waals surface area (Å²) < 4.78 is 2.53. The predicted octanol–water partition coefficient (Wildman–Crippen LogP) is 4.67. The minimum absolute atomic E-state index is 0.642. The molecule has 0 saturated carbocycles. The largest absolute Gasteiger partial charge is 0.339 e. The Morgan fingerprint density at radius 2 is 1.50 bits per heavy atom. The maximum Gasteiger partial charge on any atom is 0.0491 e. The van der Waals surface area contributed by atoms with Crippen molar-refractivity contribution in [1.29, 1.82) is 0 Å². The molecule has 1 aromatic heterocycles. The fourth-order valence-corrected chi connectivity index (χ4v) is 4.05. The Bertz CT molecular complexity index is 748. The van der Waals surface area contributed by atoms with Gasteiger partial charge in [0.15, 0.2) is 0 Å². The topological polar surface area (TPSA) is 8.17 Å². The number of para-hydroxylation sites is 2. The zero-order valence-corrected chi connectivity index (χ0v) is 13.5. The Kier molecular flexibility index (Phi) is 3.42. The van der Waals surface area contributed by atoms with Crippen LogP contribution in [-0.4, -0.2) is 28.6 Å². The highest BCUT2D eigenvalue weighted by Gasteiger charge is 2.25. The first-order valence-electron chi connectivity index (χ1n) is 8.43. The molecule has 2 heteroatoms. The standard InChI is InChI=1S/C20H24N2/c1-15-8-7-9-16(21(15)2)14-22-19-12-5-3-10-17(19)18-11-4-6-13-20(18)22/h3-6,10-13,15-16H,7-9,14H2,1-2H3. The molecule has 114 valence electrons. The van der Waals surface area contributed by atoms with Crippen LogP contribution in [0.15, 0.2) is 48.5 Å². The van der Waals surface area contributed by atoms with E-state index in [1.165, 1.54) is 41.1 Å². The van der Waals surface area contributed by atoms with E-state index in [4.69, 9.17) is 0 Å². The molecule has 4 rings (SSSR count). The first-order valence-corrected chi connectivity index (χ1v) is 8.43. The number of aromatic nitrogens is 1. The number of likely N-dealkylation sites (N-methyl/N-ethyl adjacent to an activating group) is 1. The quantitative estimate of drug-likeness (QED) is 0.666. The van der Waals surface area contributed by atoms with Crippen LogP contribution in [0.3, 0.4) is 0 Å². The van der Waals surface area contributed by atoms with Crippen molar-refractivity contribution in [3.8, 4) is 0 Å². The van der Waals surface area contributed by atoms with Crippen molar-refractivity contribution in [3.05, 3.63) is 48.5 Å². The lowest BCUT2D eigenvalue weighted by Gasteiger charge is -2.38. The average molecular weight is 292 g/mol. The van der Waals surface area contributed by atoms with Crippen LogP contribution in [0.4, 0.5) is 0 Å². The Morgan fingerprint density at radius 1 is 0.909 bits per heavy atom. The van der Waals surface area contributed by atoms with Gasteiger partial charge in [-0.2, -0.15) is 0 Å². The molecular weight excluding hydrogens is 268 g/mol. The molecule has 3 aromatic rings. The van der Waals surface area contributed by atoms with Gasteiger partial charge in [0.2, 0.25) is 0 Å². The molecule has 22 heavy (non-hydrogen) atoms. The molecule has 2 aromatic carbocycles. The number of hydrogen-bond donors (Lipinski definition) is 0. The molecule has 2 heterocycles. The number of rotatable bonds is 2. The van der Waals surface area contributed by atoms with Crippen LogP contribution in [0.2, 0.25) is 0 Å². The van der Waals surface area contributed by atoms with E-state index in [9.17, 15) is 0 Å². The van der Waals surface area contributed by atoms with Gasteiger partial charge in [-0.05, 0) is 38.9 Å². The summed E-state index contributed by atoms with van der Waals surface area (Å²) in [4.78, 5) is 2.58. The summed E-state index contributed by atoms with van der Waals surface area (Å²) in [5, 5.41) is 2.76. The van der Waals surface area contributed by atoms with E-state index in [-0.39, 0.29) is 0 Å². The van der Waals surface area contributed by atoms with Crippen LogP contribution in [0.1, 0.15) is 26.2 Å². The van der Waals surface area contributed by atoms with E-state index in [0.717, 1.165) is 6.54 Å². The molecule has 1 saturated heterocycles. The molecule has 0 spiro atoms. The van der Waals surface area contributed by atoms with Crippen molar-refractivity contribution in [1.82, 2.24) is 9.47 Å². The molecular formula is C20H24N2. The van der Waals surface area contributed by atoms with Crippen LogP contribution in [0, 0.1) is 0 Å². The second-order valence-corrected chi connectivity index (χ2v) is 6.74. The minimum Gasteiger partial charge on any atom is -0.339 e. The van der Waals surface area contributed by atoms with Gasteiger partial charge in [0, 0.05) is 40.4 Å². The van der Waals surface area contributed by atoms with Crippen LogP contribution in [0.25, 0.3) is 21.8 Å². The molecule has 0 amide bonds. The molecule has 0 radical (unpaired) electrons. The van der Waals surface area contributed by atoms with Crippen molar-refractivity contribution in [3.63, 3.8) is 0 Å². The van der Waals surface area contributed by atoms with Crippen LogP contribution in [0.5, 0.6) is 0 Å². The highest BCUT2D eigenvalue weighted by Crippen LogP contribution is 2.31. The second-order valence-electron chi connectivity index (χ2n) is 6.74. The van der Waals surface area contributed by atoms with Gasteiger partial charge in [-0.15, -0.1) is 0 Å². The summed E-state index contributed by atoms with van der Waals surface area (Å²) in [6.07, 6.45) is 4.00. The highest BCUT2D eigenvalue weighted by molar-refractivity contribution is 6.07. The second kappa shape index (κ2) is 5.44. The van der Waals surface area contributed by atoms with Gasteiger partial charge in [-0.3, -0.25) is 4.90 Å². The lowest BCUT2D eigenvalue weighted by molar-refractivity contribution is 0.114. The van der Waals surface area contributed by atoms with Gasteiger partial charge < -0.3 is 4.57 Å². The Hall–Kier alpha value is -1.80. The van der Waals surface area contributed by atoms with Crippen molar-refractivity contribution < 1.29 is 0 Å². The van der Waals surface area contributed by atoms with Crippen molar-refractivity contribution in [2.45, 2.75) is 44.8 Å². The molecule has 1 fully saturated rings. The van der Waals surface area contributed by atoms with Gasteiger partial charge in [-0.1, -0.05) is 42.8 Å². The first-order chi connectivity index (χ1) is 10.8. The Labute approximate surface area is 132 Å². The normalized spacial score (nSPS) is 23.4. The summed E-state index contributed by atoms with van der Waals surface area (Å²) in [6, 6.07) is 19.0. The van der Waals surface area contributed by atoms with E-state index in [2.05, 4.69) is 72.0 Å².